The highest BCUT2D eigenvalue weighted by Gasteiger charge is 2.21. The maximum Gasteiger partial charge on any atom is 0.407 e. The molecule has 5 amide bonds. The zero-order valence-electron chi connectivity index (χ0n) is 31.7. The maximum absolute atomic E-state index is 12.9. The van der Waals surface area contributed by atoms with Gasteiger partial charge in [-0.25, -0.2) is 14.6 Å². The lowest BCUT2D eigenvalue weighted by Gasteiger charge is -2.26. The molecule has 15 heteroatoms. The lowest BCUT2D eigenvalue weighted by molar-refractivity contribution is -0.136. The number of nitrogens with one attached hydrogen (secondary N) is 4. The Bertz CT molecular complexity index is 1970. The van der Waals surface area contributed by atoms with Gasteiger partial charge in [0.25, 0.3) is 0 Å². The number of aromatic nitrogens is 2. The summed E-state index contributed by atoms with van der Waals surface area (Å²) in [5.41, 5.74) is 5.49. The number of carbonyl (C=O) groups excluding carboxylic acids is 5. The van der Waals surface area contributed by atoms with Crippen LogP contribution < -0.4 is 16.0 Å². The third-order valence-corrected chi connectivity index (χ3v) is 7.88. The highest BCUT2D eigenvalue weighted by molar-refractivity contribution is 5.83. The van der Waals surface area contributed by atoms with E-state index in [0.717, 1.165) is 39.3 Å². The van der Waals surface area contributed by atoms with Crippen LogP contribution in [0.25, 0.3) is 17.0 Å². The number of terminal acetylenes is 1. The number of ether oxygens (including phenoxy) is 2. The van der Waals surface area contributed by atoms with E-state index in [-0.39, 0.29) is 38.8 Å². The molecule has 3 rings (SSSR count). The number of alkyl carbamates (subject to hydrolysis) is 2. The smallest absolute Gasteiger partial charge is 0.407 e. The van der Waals surface area contributed by atoms with Crippen LogP contribution in [0.1, 0.15) is 49.7 Å². The topological polar surface area (TPSA) is 178 Å². The Morgan fingerprint density at radius 2 is 1.47 bits per heavy atom. The summed E-state index contributed by atoms with van der Waals surface area (Å²) in [5, 5.41) is 8.05. The van der Waals surface area contributed by atoms with Gasteiger partial charge in [0.05, 0.1) is 39.2 Å². The summed E-state index contributed by atoms with van der Waals surface area (Å²) in [6.45, 7) is 9.29. The van der Waals surface area contributed by atoms with Gasteiger partial charge in [-0.2, -0.15) is 0 Å². The molecule has 0 saturated carbocycles. The minimum Gasteiger partial charge on any atom is -0.453 e. The zero-order chi connectivity index (χ0) is 40.3. The first-order chi connectivity index (χ1) is 26.4. The minimum atomic E-state index is -0.772. The van der Waals surface area contributed by atoms with Crippen LogP contribution in [-0.2, 0) is 30.4 Å². The van der Waals surface area contributed by atoms with Crippen molar-refractivity contribution in [1.82, 2.24) is 40.6 Å². The van der Waals surface area contributed by atoms with Crippen LogP contribution in [-0.4, -0.2) is 102 Å². The number of amides is 5. The van der Waals surface area contributed by atoms with Crippen LogP contribution in [0, 0.1) is 24.3 Å². The number of imidazole rings is 1. The van der Waals surface area contributed by atoms with Gasteiger partial charge in [0.1, 0.15) is 25.6 Å². The van der Waals surface area contributed by atoms with Gasteiger partial charge in [-0.1, -0.05) is 62.1 Å². The van der Waals surface area contributed by atoms with Crippen LogP contribution in [0.15, 0.2) is 73.1 Å². The number of methoxy groups -OCH3 is 2. The molecule has 0 aliphatic carbocycles. The van der Waals surface area contributed by atoms with Gasteiger partial charge in [0, 0.05) is 42.0 Å². The second-order valence-corrected chi connectivity index (χ2v) is 11.9. The number of aromatic amines is 1. The van der Waals surface area contributed by atoms with Crippen molar-refractivity contribution < 1.29 is 33.4 Å². The molecule has 55 heavy (non-hydrogen) atoms. The molecule has 4 N–H and O–H groups in total. The molecule has 0 unspecified atom stereocenters. The highest BCUT2D eigenvalue weighted by atomic mass is 16.5. The molecule has 1 aromatic heterocycles. The van der Waals surface area contributed by atoms with Gasteiger partial charge in [-0.15, -0.1) is 0 Å². The molecular weight excluding hydrogens is 704 g/mol. The summed E-state index contributed by atoms with van der Waals surface area (Å²) in [6, 6.07) is 17.5. The number of nitrogens with zero attached hydrogens (tertiary/aromatic N) is 4. The van der Waals surface area contributed by atoms with Gasteiger partial charge in [-0.3, -0.25) is 19.3 Å². The average Bonchev–Trinajstić information content (AvgIpc) is 3.67. The fourth-order valence-corrected chi connectivity index (χ4v) is 5.00. The number of benzene rings is 2. The van der Waals surface area contributed by atoms with Gasteiger partial charge in [0.15, 0.2) is 0 Å². The number of allylic oxidation sites excluding steroid dienone is 1. The Hall–Kier alpha value is -7.00. The van der Waals surface area contributed by atoms with Crippen molar-refractivity contribution in [2.24, 2.45) is 0 Å². The Labute approximate surface area is 321 Å². The van der Waals surface area contributed by atoms with Crippen LogP contribution in [0.4, 0.5) is 9.59 Å². The standard InChI is InChI=1S/C40H46N8O7/c1-8-21-47(37(50)23-42-39(52)54-6)25-28(4)44-34(9-2)32-17-13-30(14-18-32)11-12-31-15-19-33(20-16-31)35-22-41-36(45-35)26-48(27-46(10-3)29(5)49)38(51)24-43-40(53)55-7/h3,9,13-20,22,44H,4,8,21,23-27H2,1-2,5-7H3,(H,41,45)(H,42,52)(H,43,53)/b34-9-. The number of H-pyrrole nitrogens is 1. The van der Waals surface area contributed by atoms with Crippen molar-refractivity contribution in [2.45, 2.75) is 33.7 Å². The van der Waals surface area contributed by atoms with E-state index >= 15 is 0 Å². The summed E-state index contributed by atoms with van der Waals surface area (Å²) < 4.78 is 9.07. The highest BCUT2D eigenvalue weighted by Crippen LogP contribution is 2.19. The van der Waals surface area contributed by atoms with E-state index in [9.17, 15) is 24.0 Å². The van der Waals surface area contributed by atoms with Crippen LogP contribution in [0.5, 0.6) is 0 Å². The molecule has 15 nitrogen and oxygen atoms in total. The Morgan fingerprint density at radius 3 is 1.98 bits per heavy atom. The molecule has 1 heterocycles. The summed E-state index contributed by atoms with van der Waals surface area (Å²) in [7, 11) is 2.42. The molecule has 3 aromatic rings. The summed E-state index contributed by atoms with van der Waals surface area (Å²) in [5.74, 6) is 5.63. The van der Waals surface area contributed by atoms with E-state index in [1.807, 2.05) is 68.5 Å². The number of hydrogen-bond donors (Lipinski definition) is 4. The SMILES string of the molecule is C#CN(CN(Cc1ncc(-c2ccc(C#Cc3ccc(/C(=C/C)NC(=C)CN(CCC)C(=O)CNC(=O)OC)cc3)cc2)[nH]1)C(=O)CNC(=O)OC)C(C)=O. The molecule has 0 spiro atoms. The van der Waals surface area contributed by atoms with Crippen LogP contribution >= 0.6 is 0 Å². The monoisotopic (exact) mass is 750 g/mol. The normalized spacial score (nSPS) is 10.4. The van der Waals surface area contributed by atoms with Crippen LogP contribution in [0.2, 0.25) is 0 Å². The van der Waals surface area contributed by atoms with Crippen molar-refractivity contribution >= 4 is 35.6 Å². The minimum absolute atomic E-state index is 0.00785. The van der Waals surface area contributed by atoms with E-state index in [1.54, 1.807) is 11.1 Å². The van der Waals surface area contributed by atoms with E-state index in [1.165, 1.54) is 26.0 Å². The summed E-state index contributed by atoms with van der Waals surface area (Å²) in [6.07, 6.45) is 8.31. The van der Waals surface area contributed by atoms with E-state index in [0.29, 0.717) is 23.8 Å². The number of carbonyl (C=O) groups is 5. The predicted octanol–water partition coefficient (Wildman–Crippen LogP) is 3.62. The fourth-order valence-electron chi connectivity index (χ4n) is 5.00. The molecule has 0 aliphatic rings. The van der Waals surface area contributed by atoms with E-state index in [2.05, 4.69) is 59.9 Å². The van der Waals surface area contributed by atoms with E-state index < -0.39 is 24.0 Å². The second-order valence-electron chi connectivity index (χ2n) is 11.9. The maximum atomic E-state index is 12.9. The first-order valence-corrected chi connectivity index (χ1v) is 17.2. The molecular formula is C40H46N8O7. The Morgan fingerprint density at radius 1 is 0.909 bits per heavy atom. The van der Waals surface area contributed by atoms with Crippen molar-refractivity contribution in [2.75, 3.05) is 47.1 Å². The molecule has 0 aliphatic heterocycles. The lowest BCUT2D eigenvalue weighted by atomic mass is 10.1. The number of hydrogen-bond acceptors (Lipinski definition) is 9. The molecule has 0 atom stereocenters. The quantitative estimate of drug-likeness (QED) is 0.0968. The first kappa shape index (κ1) is 42.4. The van der Waals surface area contributed by atoms with Crippen molar-refractivity contribution in [3.05, 3.63) is 95.6 Å². The fraction of sp³-hybridized carbons (Fsp3) is 0.300. The van der Waals surface area contributed by atoms with Crippen molar-refractivity contribution in [1.29, 1.82) is 0 Å². The molecule has 2 aromatic carbocycles. The molecule has 0 bridgehead atoms. The van der Waals surface area contributed by atoms with Gasteiger partial charge in [-0.05, 0) is 48.7 Å². The van der Waals surface area contributed by atoms with Crippen molar-refractivity contribution in [3.8, 4) is 35.6 Å². The van der Waals surface area contributed by atoms with Gasteiger partial charge < -0.3 is 40.2 Å². The average molecular weight is 751 g/mol. The largest absolute Gasteiger partial charge is 0.453 e. The predicted molar refractivity (Wildman–Crippen MR) is 207 cm³/mol. The Balaban J connectivity index is 1.63. The lowest BCUT2D eigenvalue weighted by Crippen LogP contribution is -2.45. The Kier molecular flexibility index (Phi) is 16.6. The van der Waals surface area contributed by atoms with Crippen molar-refractivity contribution in [3.63, 3.8) is 0 Å². The summed E-state index contributed by atoms with van der Waals surface area (Å²) >= 11 is 0. The number of rotatable bonds is 16. The van der Waals surface area contributed by atoms with Crippen LogP contribution in [0.3, 0.4) is 0 Å². The summed E-state index contributed by atoms with van der Waals surface area (Å²) in [4.78, 5) is 71.9. The second kappa shape index (κ2) is 21.5. The molecule has 0 fully saturated rings. The van der Waals surface area contributed by atoms with Gasteiger partial charge in [0.2, 0.25) is 17.7 Å². The first-order valence-electron chi connectivity index (χ1n) is 17.2. The third-order valence-electron chi connectivity index (χ3n) is 7.88. The molecule has 0 saturated heterocycles. The van der Waals surface area contributed by atoms with E-state index in [4.69, 9.17) is 6.42 Å². The molecule has 288 valence electrons. The molecule has 0 radical (unpaired) electrons. The zero-order valence-corrected chi connectivity index (χ0v) is 31.7. The van der Waals surface area contributed by atoms with Gasteiger partial charge >= 0.3 is 12.2 Å². The third kappa shape index (κ3) is 13.5.